The summed E-state index contributed by atoms with van der Waals surface area (Å²) in [6.07, 6.45) is 1.18. The fourth-order valence-corrected chi connectivity index (χ4v) is 2.85. The molecule has 2 aromatic rings. The first kappa shape index (κ1) is 11.4. The first-order valence-electron chi connectivity index (χ1n) is 5.76. The Morgan fingerprint density at radius 2 is 2.18 bits per heavy atom. The molecule has 0 radical (unpaired) electrons. The lowest BCUT2D eigenvalue weighted by atomic mass is 10.2. The van der Waals surface area contributed by atoms with E-state index in [2.05, 4.69) is 29.5 Å². The molecular formula is C13H14Cl2N2. The normalized spacial score (nSPS) is 22.0. The van der Waals surface area contributed by atoms with Crippen molar-refractivity contribution in [1.29, 1.82) is 0 Å². The van der Waals surface area contributed by atoms with Gasteiger partial charge in [-0.2, -0.15) is 0 Å². The topological polar surface area (TPSA) is 17.8 Å². The van der Waals surface area contributed by atoms with Gasteiger partial charge in [0.15, 0.2) is 0 Å². The number of aromatic nitrogens is 2. The molecule has 0 amide bonds. The predicted molar refractivity (Wildman–Crippen MR) is 71.7 cm³/mol. The molecule has 1 fully saturated rings. The first-order chi connectivity index (χ1) is 8.04. The van der Waals surface area contributed by atoms with Crippen LogP contribution in [0.4, 0.5) is 0 Å². The molecule has 1 aromatic carbocycles. The van der Waals surface area contributed by atoms with Gasteiger partial charge in [-0.3, -0.25) is 0 Å². The summed E-state index contributed by atoms with van der Waals surface area (Å²) in [5.41, 5.74) is 2.31. The maximum atomic E-state index is 6.18. The monoisotopic (exact) mass is 268 g/mol. The van der Waals surface area contributed by atoms with Gasteiger partial charge in [-0.05, 0) is 24.0 Å². The number of para-hydroxylation sites is 1. The first-order valence-corrected chi connectivity index (χ1v) is 6.67. The highest BCUT2D eigenvalue weighted by Gasteiger charge is 2.48. The van der Waals surface area contributed by atoms with Crippen LogP contribution in [0.15, 0.2) is 18.2 Å². The highest BCUT2D eigenvalue weighted by Crippen LogP contribution is 2.56. The maximum Gasteiger partial charge on any atom is 0.125 e. The van der Waals surface area contributed by atoms with Crippen LogP contribution in [0.3, 0.4) is 0 Å². The highest BCUT2D eigenvalue weighted by molar-refractivity contribution is 6.35. The summed E-state index contributed by atoms with van der Waals surface area (Å²) in [4.78, 5) is 4.56. The predicted octanol–water partition coefficient (Wildman–Crippen LogP) is 4.40. The van der Waals surface area contributed by atoms with Crippen molar-refractivity contribution in [3.05, 3.63) is 29.0 Å². The van der Waals surface area contributed by atoms with Crippen molar-refractivity contribution >= 4 is 34.2 Å². The summed E-state index contributed by atoms with van der Waals surface area (Å²) in [5.74, 6) is 1.35. The third kappa shape index (κ3) is 1.66. The highest BCUT2D eigenvalue weighted by atomic mass is 35.5. The molecule has 1 atom stereocenters. The molecule has 1 aromatic heterocycles. The summed E-state index contributed by atoms with van der Waals surface area (Å²) < 4.78 is 2.26. The molecule has 0 saturated heterocycles. The third-order valence-electron chi connectivity index (χ3n) is 3.64. The van der Waals surface area contributed by atoms with Gasteiger partial charge in [-0.15, -0.1) is 11.6 Å². The van der Waals surface area contributed by atoms with Crippen molar-refractivity contribution in [1.82, 2.24) is 9.55 Å². The van der Waals surface area contributed by atoms with Crippen molar-refractivity contribution in [2.24, 2.45) is 5.41 Å². The Kier molecular flexibility index (Phi) is 2.43. The fraction of sp³-hybridized carbons (Fsp3) is 0.462. The van der Waals surface area contributed by atoms with E-state index in [-0.39, 0.29) is 0 Å². The van der Waals surface area contributed by atoms with Gasteiger partial charge in [0.1, 0.15) is 11.3 Å². The van der Waals surface area contributed by atoms with E-state index >= 15 is 0 Å². The third-order valence-corrected chi connectivity index (χ3v) is 4.18. The molecule has 1 aliphatic rings. The van der Waals surface area contributed by atoms with Crippen LogP contribution < -0.4 is 0 Å². The lowest BCUT2D eigenvalue weighted by Gasteiger charge is -2.09. The van der Waals surface area contributed by atoms with E-state index in [1.807, 2.05) is 12.1 Å². The lowest BCUT2D eigenvalue weighted by molar-refractivity contribution is 0.540. The Morgan fingerprint density at radius 3 is 2.76 bits per heavy atom. The van der Waals surface area contributed by atoms with Gasteiger partial charge in [0.05, 0.1) is 16.4 Å². The molecule has 1 unspecified atom stereocenters. The Balaban J connectivity index is 2.25. The SMILES string of the molecule is CC1(C)CC1n1c(CCl)nc2c(Cl)cccc21. The second kappa shape index (κ2) is 3.63. The number of hydrogen-bond donors (Lipinski definition) is 0. The summed E-state index contributed by atoms with van der Waals surface area (Å²) >= 11 is 12.2. The summed E-state index contributed by atoms with van der Waals surface area (Å²) in [6, 6.07) is 6.41. The van der Waals surface area contributed by atoms with Crippen LogP contribution in [0, 0.1) is 5.41 Å². The van der Waals surface area contributed by atoms with Gasteiger partial charge in [0, 0.05) is 6.04 Å². The van der Waals surface area contributed by atoms with Crippen molar-refractivity contribution in [3.63, 3.8) is 0 Å². The number of fused-ring (bicyclic) bond motifs is 1. The summed E-state index contributed by atoms with van der Waals surface area (Å²) in [7, 11) is 0. The van der Waals surface area contributed by atoms with Crippen molar-refractivity contribution in [3.8, 4) is 0 Å². The van der Waals surface area contributed by atoms with Crippen LogP contribution in [-0.4, -0.2) is 9.55 Å². The van der Waals surface area contributed by atoms with E-state index in [9.17, 15) is 0 Å². The molecule has 90 valence electrons. The molecule has 1 saturated carbocycles. The van der Waals surface area contributed by atoms with Gasteiger partial charge in [0.2, 0.25) is 0 Å². The Labute approximate surface area is 111 Å². The van der Waals surface area contributed by atoms with Crippen LogP contribution in [0.25, 0.3) is 11.0 Å². The van der Waals surface area contributed by atoms with E-state index in [0.717, 1.165) is 16.9 Å². The van der Waals surface area contributed by atoms with Crippen molar-refractivity contribution in [2.75, 3.05) is 0 Å². The van der Waals surface area contributed by atoms with Crippen molar-refractivity contribution < 1.29 is 0 Å². The molecule has 0 aliphatic heterocycles. The Bertz CT molecular complexity index is 586. The van der Waals surface area contributed by atoms with E-state index < -0.39 is 0 Å². The number of halogens is 2. The van der Waals surface area contributed by atoms with E-state index in [1.165, 1.54) is 6.42 Å². The zero-order valence-electron chi connectivity index (χ0n) is 9.87. The summed E-state index contributed by atoms with van der Waals surface area (Å²) in [6.45, 7) is 4.54. The van der Waals surface area contributed by atoms with Crippen LogP contribution in [0.2, 0.25) is 5.02 Å². The number of rotatable bonds is 2. The van der Waals surface area contributed by atoms with Crippen LogP contribution in [0.5, 0.6) is 0 Å². The Hall–Kier alpha value is -0.730. The van der Waals surface area contributed by atoms with E-state index in [4.69, 9.17) is 23.2 Å². The number of alkyl halides is 1. The molecule has 3 rings (SSSR count). The average molecular weight is 269 g/mol. The van der Waals surface area contributed by atoms with E-state index in [0.29, 0.717) is 22.4 Å². The zero-order valence-corrected chi connectivity index (χ0v) is 11.4. The quantitative estimate of drug-likeness (QED) is 0.739. The second-order valence-electron chi connectivity index (χ2n) is 5.35. The van der Waals surface area contributed by atoms with Gasteiger partial charge in [-0.1, -0.05) is 31.5 Å². The second-order valence-corrected chi connectivity index (χ2v) is 6.02. The lowest BCUT2D eigenvalue weighted by Crippen LogP contribution is -2.04. The molecule has 0 bridgehead atoms. The Morgan fingerprint density at radius 1 is 1.47 bits per heavy atom. The minimum Gasteiger partial charge on any atom is -0.323 e. The standard InChI is InChI=1S/C13H14Cl2N2/c1-13(2)6-10(13)17-9-5-3-4-8(15)12(9)16-11(17)7-14/h3-5,10H,6-7H2,1-2H3. The summed E-state index contributed by atoms with van der Waals surface area (Å²) in [5, 5.41) is 0.700. The minimum absolute atomic E-state index is 0.344. The van der Waals surface area contributed by atoms with Gasteiger partial charge in [-0.25, -0.2) is 4.98 Å². The van der Waals surface area contributed by atoms with Crippen LogP contribution >= 0.6 is 23.2 Å². The minimum atomic E-state index is 0.344. The molecule has 17 heavy (non-hydrogen) atoms. The fourth-order valence-electron chi connectivity index (χ4n) is 2.45. The van der Waals surface area contributed by atoms with Gasteiger partial charge in [0.25, 0.3) is 0 Å². The van der Waals surface area contributed by atoms with Crippen LogP contribution in [-0.2, 0) is 5.88 Å². The molecule has 4 heteroatoms. The number of imidazole rings is 1. The van der Waals surface area contributed by atoms with Gasteiger partial charge >= 0.3 is 0 Å². The van der Waals surface area contributed by atoms with Crippen LogP contribution in [0.1, 0.15) is 32.1 Å². The van der Waals surface area contributed by atoms with Gasteiger partial charge < -0.3 is 4.57 Å². The molecule has 1 heterocycles. The largest absolute Gasteiger partial charge is 0.323 e. The molecule has 2 nitrogen and oxygen atoms in total. The molecular weight excluding hydrogens is 255 g/mol. The number of nitrogens with zero attached hydrogens (tertiary/aromatic N) is 2. The molecule has 0 N–H and O–H groups in total. The van der Waals surface area contributed by atoms with Crippen molar-refractivity contribution in [2.45, 2.75) is 32.2 Å². The smallest absolute Gasteiger partial charge is 0.125 e. The molecule has 1 aliphatic carbocycles. The number of hydrogen-bond acceptors (Lipinski definition) is 1. The average Bonchev–Trinajstić information content (AvgIpc) is 2.75. The zero-order chi connectivity index (χ0) is 12.2. The molecule has 0 spiro atoms. The maximum absolute atomic E-state index is 6.18. The van der Waals surface area contributed by atoms with E-state index in [1.54, 1.807) is 0 Å². The number of benzene rings is 1.